The summed E-state index contributed by atoms with van der Waals surface area (Å²) in [6, 6.07) is -0.502. The van der Waals surface area contributed by atoms with Crippen LogP contribution in [0.25, 0.3) is 0 Å². The molecule has 7 heteroatoms. The normalized spacial score (nSPS) is 11.9. The highest BCUT2D eigenvalue weighted by Gasteiger charge is 2.25. The molecule has 0 aliphatic heterocycles. The van der Waals surface area contributed by atoms with Gasteiger partial charge in [-0.15, -0.1) is 0 Å². The first kappa shape index (κ1) is 17.0. The van der Waals surface area contributed by atoms with Crippen molar-refractivity contribution in [3.63, 3.8) is 0 Å². The summed E-state index contributed by atoms with van der Waals surface area (Å²) in [5, 5.41) is 6.24. The van der Waals surface area contributed by atoms with Gasteiger partial charge < -0.3 is 20.1 Å². The molecule has 21 heavy (non-hydrogen) atoms. The number of hydrogen-bond donors (Lipinski definition) is 2. The van der Waals surface area contributed by atoms with Crippen molar-refractivity contribution < 1.29 is 14.3 Å². The minimum Gasteiger partial charge on any atom is -0.490 e. The molecular formula is C14H24N4O3. The van der Waals surface area contributed by atoms with Crippen molar-refractivity contribution in [3.05, 3.63) is 6.33 Å². The minimum absolute atomic E-state index is 0.0455. The van der Waals surface area contributed by atoms with Crippen molar-refractivity contribution in [1.82, 2.24) is 9.97 Å². The first-order chi connectivity index (χ1) is 10.0. The van der Waals surface area contributed by atoms with Gasteiger partial charge in [-0.3, -0.25) is 0 Å². The molecule has 1 unspecified atom stereocenters. The molecule has 7 nitrogen and oxygen atoms in total. The van der Waals surface area contributed by atoms with Gasteiger partial charge in [0.15, 0.2) is 11.6 Å². The maximum atomic E-state index is 11.8. The quantitative estimate of drug-likeness (QED) is 0.709. The van der Waals surface area contributed by atoms with E-state index in [-0.39, 0.29) is 11.9 Å². The van der Waals surface area contributed by atoms with Gasteiger partial charge in [0.25, 0.3) is 0 Å². The molecule has 1 aromatic rings. The number of methoxy groups -OCH3 is 2. The van der Waals surface area contributed by atoms with Gasteiger partial charge in [-0.25, -0.2) is 14.8 Å². The fourth-order valence-corrected chi connectivity index (χ4v) is 1.81. The molecule has 0 aliphatic rings. The van der Waals surface area contributed by atoms with Gasteiger partial charge in [0.2, 0.25) is 5.75 Å². The van der Waals surface area contributed by atoms with Crippen molar-refractivity contribution in [3.8, 4) is 5.75 Å². The van der Waals surface area contributed by atoms with E-state index in [1.165, 1.54) is 13.4 Å². The highest BCUT2D eigenvalue weighted by atomic mass is 16.5. The molecular weight excluding hydrogens is 272 g/mol. The maximum Gasteiger partial charge on any atom is 0.328 e. The molecule has 0 radical (unpaired) electrons. The zero-order valence-corrected chi connectivity index (χ0v) is 13.3. The number of nitrogens with zero attached hydrogens (tertiary/aromatic N) is 2. The van der Waals surface area contributed by atoms with Crippen LogP contribution in [-0.2, 0) is 9.53 Å². The van der Waals surface area contributed by atoms with Gasteiger partial charge in [-0.2, -0.15) is 0 Å². The Kier molecular flexibility index (Phi) is 6.71. The number of aromatic nitrogens is 2. The summed E-state index contributed by atoms with van der Waals surface area (Å²) in [6.45, 7) is 6.69. The molecule has 0 saturated heterocycles. The molecule has 0 bridgehead atoms. The van der Waals surface area contributed by atoms with E-state index in [1.807, 2.05) is 13.8 Å². The first-order valence-electron chi connectivity index (χ1n) is 7.02. The second kappa shape index (κ2) is 8.28. The summed E-state index contributed by atoms with van der Waals surface area (Å²) in [4.78, 5) is 20.2. The Bertz CT molecular complexity index is 466. The van der Waals surface area contributed by atoms with Crippen LogP contribution in [0, 0.1) is 5.92 Å². The summed E-state index contributed by atoms with van der Waals surface area (Å²) in [7, 11) is 2.91. The van der Waals surface area contributed by atoms with E-state index < -0.39 is 6.04 Å². The fraction of sp³-hybridized carbons (Fsp3) is 0.643. The lowest BCUT2D eigenvalue weighted by molar-refractivity contribution is -0.142. The highest BCUT2D eigenvalue weighted by Crippen LogP contribution is 2.30. The van der Waals surface area contributed by atoms with E-state index in [9.17, 15) is 4.79 Å². The molecule has 1 rings (SSSR count). The molecule has 0 spiro atoms. The number of esters is 1. The predicted octanol–water partition coefficient (Wildman–Crippen LogP) is 1.92. The summed E-state index contributed by atoms with van der Waals surface area (Å²) in [5.74, 6) is 1.26. The van der Waals surface area contributed by atoms with Gasteiger partial charge in [0, 0.05) is 6.54 Å². The Morgan fingerprint density at radius 3 is 2.48 bits per heavy atom. The zero-order valence-electron chi connectivity index (χ0n) is 13.3. The molecule has 1 heterocycles. The summed E-state index contributed by atoms with van der Waals surface area (Å²) in [6.07, 6.45) is 2.39. The van der Waals surface area contributed by atoms with Gasteiger partial charge in [0.1, 0.15) is 12.4 Å². The Hall–Kier alpha value is -2.05. The van der Waals surface area contributed by atoms with E-state index in [1.54, 1.807) is 7.11 Å². The van der Waals surface area contributed by atoms with Crippen LogP contribution in [0.2, 0.25) is 0 Å². The monoisotopic (exact) mass is 296 g/mol. The zero-order chi connectivity index (χ0) is 15.8. The minimum atomic E-state index is -0.502. The van der Waals surface area contributed by atoms with E-state index in [0.29, 0.717) is 17.4 Å². The standard InChI is InChI=1S/C14H24N4O3/c1-6-7-15-12-11(20-4)13(17-8-16-12)18-10(9(2)3)14(19)21-5/h8-10H,6-7H2,1-5H3,(H2,15,16,17,18). The molecule has 0 fully saturated rings. The Morgan fingerprint density at radius 2 is 1.95 bits per heavy atom. The molecule has 0 aliphatic carbocycles. The van der Waals surface area contributed by atoms with Gasteiger partial charge in [0.05, 0.1) is 14.2 Å². The lowest BCUT2D eigenvalue weighted by Crippen LogP contribution is -2.36. The van der Waals surface area contributed by atoms with Crippen LogP contribution in [0.1, 0.15) is 27.2 Å². The van der Waals surface area contributed by atoms with Gasteiger partial charge in [-0.1, -0.05) is 20.8 Å². The van der Waals surface area contributed by atoms with Crippen LogP contribution >= 0.6 is 0 Å². The summed E-state index contributed by atoms with van der Waals surface area (Å²) >= 11 is 0. The second-order valence-electron chi connectivity index (χ2n) is 4.92. The highest BCUT2D eigenvalue weighted by molar-refractivity contribution is 5.80. The Balaban J connectivity index is 3.03. The van der Waals surface area contributed by atoms with Crippen LogP contribution in [0.15, 0.2) is 6.33 Å². The molecule has 1 aromatic heterocycles. The lowest BCUT2D eigenvalue weighted by atomic mass is 10.0. The number of nitrogens with one attached hydrogen (secondary N) is 2. The van der Waals surface area contributed by atoms with Gasteiger partial charge >= 0.3 is 5.97 Å². The van der Waals surface area contributed by atoms with E-state index in [0.717, 1.165) is 13.0 Å². The number of hydrogen-bond acceptors (Lipinski definition) is 7. The largest absolute Gasteiger partial charge is 0.490 e. The third kappa shape index (κ3) is 4.47. The molecule has 0 aromatic carbocycles. The molecule has 118 valence electrons. The van der Waals surface area contributed by atoms with Crippen LogP contribution in [0.5, 0.6) is 5.75 Å². The number of anilines is 2. The van der Waals surface area contributed by atoms with Crippen LogP contribution in [0.4, 0.5) is 11.6 Å². The third-order valence-electron chi connectivity index (χ3n) is 2.96. The lowest BCUT2D eigenvalue weighted by Gasteiger charge is -2.22. The first-order valence-corrected chi connectivity index (χ1v) is 7.02. The molecule has 0 amide bonds. The van der Waals surface area contributed by atoms with Gasteiger partial charge in [-0.05, 0) is 12.3 Å². The SMILES string of the molecule is CCCNc1ncnc(NC(C(=O)OC)C(C)C)c1OC. The number of carbonyl (C=O) groups excluding carboxylic acids is 1. The average molecular weight is 296 g/mol. The fourth-order valence-electron chi connectivity index (χ4n) is 1.81. The van der Waals surface area contributed by atoms with Crippen LogP contribution in [-0.4, -0.2) is 42.7 Å². The topological polar surface area (TPSA) is 85.4 Å². The average Bonchev–Trinajstić information content (AvgIpc) is 2.49. The number of ether oxygens (including phenoxy) is 2. The Morgan fingerprint density at radius 1 is 1.29 bits per heavy atom. The summed E-state index contributed by atoms with van der Waals surface area (Å²) < 4.78 is 10.2. The Labute approximate surface area is 125 Å². The van der Waals surface area contributed by atoms with Crippen molar-refractivity contribution in [2.45, 2.75) is 33.2 Å². The van der Waals surface area contributed by atoms with E-state index in [2.05, 4.69) is 27.5 Å². The third-order valence-corrected chi connectivity index (χ3v) is 2.96. The van der Waals surface area contributed by atoms with Crippen molar-refractivity contribution in [1.29, 1.82) is 0 Å². The predicted molar refractivity (Wildman–Crippen MR) is 81.6 cm³/mol. The van der Waals surface area contributed by atoms with Crippen molar-refractivity contribution in [2.75, 3.05) is 31.4 Å². The maximum absolute atomic E-state index is 11.8. The van der Waals surface area contributed by atoms with Crippen molar-refractivity contribution >= 4 is 17.6 Å². The van der Waals surface area contributed by atoms with E-state index >= 15 is 0 Å². The van der Waals surface area contributed by atoms with Crippen molar-refractivity contribution in [2.24, 2.45) is 5.92 Å². The molecule has 0 saturated carbocycles. The van der Waals surface area contributed by atoms with E-state index in [4.69, 9.17) is 9.47 Å². The second-order valence-corrected chi connectivity index (χ2v) is 4.92. The molecule has 2 N–H and O–H groups in total. The summed E-state index contributed by atoms with van der Waals surface area (Å²) in [5.41, 5.74) is 0. The number of carbonyl (C=O) groups is 1. The number of rotatable bonds is 8. The smallest absolute Gasteiger partial charge is 0.328 e. The molecule has 1 atom stereocenters. The van der Waals surface area contributed by atoms with Crippen LogP contribution < -0.4 is 15.4 Å². The van der Waals surface area contributed by atoms with Crippen LogP contribution in [0.3, 0.4) is 0 Å².